The number of carbonyl (C=O) groups is 3. The van der Waals surface area contributed by atoms with Gasteiger partial charge in [-0.25, -0.2) is 9.69 Å². The summed E-state index contributed by atoms with van der Waals surface area (Å²) in [4.78, 5) is 39.6. The Morgan fingerprint density at radius 2 is 1.59 bits per heavy atom. The molecule has 7 heteroatoms. The highest BCUT2D eigenvalue weighted by Crippen LogP contribution is 2.31. The Morgan fingerprint density at radius 3 is 2.38 bits per heavy atom. The largest absolute Gasteiger partial charge is 0.495 e. The van der Waals surface area contributed by atoms with E-state index in [0.717, 1.165) is 21.4 Å². The predicted octanol–water partition coefficient (Wildman–Crippen LogP) is 4.36. The molecule has 1 saturated heterocycles. The molecule has 4 aromatic rings. The maximum absolute atomic E-state index is 13.4. The van der Waals surface area contributed by atoms with Crippen LogP contribution in [-0.2, 0) is 16.1 Å². The summed E-state index contributed by atoms with van der Waals surface area (Å²) in [5.41, 5.74) is 2.94. The lowest BCUT2D eigenvalue weighted by Crippen LogP contribution is -2.54. The summed E-state index contributed by atoms with van der Waals surface area (Å²) in [7, 11) is 1.45. The maximum Gasteiger partial charge on any atom is 0.336 e. The number of imide groups is 2. The summed E-state index contributed by atoms with van der Waals surface area (Å²) in [6.07, 6.45) is 3.45. The van der Waals surface area contributed by atoms with E-state index in [1.807, 2.05) is 60.8 Å². The van der Waals surface area contributed by atoms with E-state index in [1.54, 1.807) is 24.3 Å². The summed E-state index contributed by atoms with van der Waals surface area (Å²) < 4.78 is 7.39. The van der Waals surface area contributed by atoms with E-state index in [1.165, 1.54) is 13.2 Å². The molecule has 5 rings (SSSR count). The van der Waals surface area contributed by atoms with Crippen molar-refractivity contribution in [3.05, 3.63) is 102 Å². The third-order valence-electron chi connectivity index (χ3n) is 5.74. The van der Waals surface area contributed by atoms with Gasteiger partial charge in [0.15, 0.2) is 0 Å². The molecule has 0 unspecified atom stereocenters. The molecule has 3 aromatic carbocycles. The number of methoxy groups -OCH3 is 1. The first-order valence-electron chi connectivity index (χ1n) is 10.7. The molecular weight excluding hydrogens is 430 g/mol. The maximum atomic E-state index is 13.4. The lowest BCUT2D eigenvalue weighted by Gasteiger charge is -2.27. The molecule has 1 aromatic heterocycles. The summed E-state index contributed by atoms with van der Waals surface area (Å²) >= 11 is 0. The first kappa shape index (κ1) is 21.2. The second kappa shape index (κ2) is 8.71. The molecule has 1 aliphatic rings. The molecule has 0 bridgehead atoms. The average molecular weight is 451 g/mol. The molecule has 7 nitrogen and oxygen atoms in total. The van der Waals surface area contributed by atoms with E-state index in [9.17, 15) is 14.4 Å². The topological polar surface area (TPSA) is 80.6 Å². The first-order valence-corrected chi connectivity index (χ1v) is 10.7. The fourth-order valence-corrected chi connectivity index (χ4v) is 4.15. The molecule has 1 N–H and O–H groups in total. The number of hydrogen-bond acceptors (Lipinski definition) is 4. The molecule has 0 aliphatic carbocycles. The van der Waals surface area contributed by atoms with Crippen molar-refractivity contribution >= 4 is 40.5 Å². The number of ether oxygens (including phenoxy) is 1. The van der Waals surface area contributed by atoms with Gasteiger partial charge in [0.2, 0.25) is 0 Å². The van der Waals surface area contributed by atoms with Crippen molar-refractivity contribution < 1.29 is 19.1 Å². The summed E-state index contributed by atoms with van der Waals surface area (Å²) in [6.45, 7) is 0.635. The number of aromatic nitrogens is 1. The molecule has 1 fully saturated rings. The third-order valence-corrected chi connectivity index (χ3v) is 5.74. The Kier molecular flexibility index (Phi) is 5.43. The zero-order valence-electron chi connectivity index (χ0n) is 18.4. The fraction of sp³-hybridized carbons (Fsp3) is 0.0741. The second-order valence-corrected chi connectivity index (χ2v) is 7.84. The van der Waals surface area contributed by atoms with Gasteiger partial charge in [0, 0.05) is 29.2 Å². The summed E-state index contributed by atoms with van der Waals surface area (Å²) in [6, 6.07) is 23.7. The Hall–Kier alpha value is -4.65. The lowest BCUT2D eigenvalue weighted by atomic mass is 10.1. The Balaban J connectivity index is 1.58. The monoisotopic (exact) mass is 451 g/mol. The van der Waals surface area contributed by atoms with Gasteiger partial charge in [0.25, 0.3) is 11.8 Å². The van der Waals surface area contributed by atoms with Crippen LogP contribution in [0.3, 0.4) is 0 Å². The van der Waals surface area contributed by atoms with Crippen molar-refractivity contribution in [3.8, 4) is 5.75 Å². The minimum atomic E-state index is -0.817. The van der Waals surface area contributed by atoms with Crippen LogP contribution in [0, 0.1) is 0 Å². The first-order chi connectivity index (χ1) is 16.6. The van der Waals surface area contributed by atoms with Crippen LogP contribution in [0.25, 0.3) is 17.0 Å². The van der Waals surface area contributed by atoms with Crippen molar-refractivity contribution in [1.82, 2.24) is 9.88 Å². The minimum absolute atomic E-state index is 0.131. The van der Waals surface area contributed by atoms with Crippen LogP contribution >= 0.6 is 0 Å². The van der Waals surface area contributed by atoms with Crippen LogP contribution in [0.1, 0.15) is 11.1 Å². The highest BCUT2D eigenvalue weighted by molar-refractivity contribution is 6.39. The van der Waals surface area contributed by atoms with Crippen LogP contribution in [0.2, 0.25) is 0 Å². The third kappa shape index (κ3) is 3.73. The number of amides is 4. The van der Waals surface area contributed by atoms with Gasteiger partial charge >= 0.3 is 6.03 Å². The van der Waals surface area contributed by atoms with Gasteiger partial charge < -0.3 is 9.30 Å². The molecule has 34 heavy (non-hydrogen) atoms. The Bertz CT molecular complexity index is 1450. The van der Waals surface area contributed by atoms with Crippen molar-refractivity contribution in [1.29, 1.82) is 0 Å². The van der Waals surface area contributed by atoms with Gasteiger partial charge in [-0.15, -0.1) is 0 Å². The van der Waals surface area contributed by atoms with Crippen molar-refractivity contribution in [2.45, 2.75) is 6.54 Å². The zero-order valence-corrected chi connectivity index (χ0v) is 18.4. The molecule has 4 amide bonds. The number of hydrogen-bond donors (Lipinski definition) is 1. The lowest BCUT2D eigenvalue weighted by molar-refractivity contribution is -0.122. The molecular formula is C27H21N3O4. The number of barbiturate groups is 1. The number of nitrogens with one attached hydrogen (secondary N) is 1. The number of para-hydroxylation sites is 3. The summed E-state index contributed by atoms with van der Waals surface area (Å²) in [5, 5.41) is 3.17. The van der Waals surface area contributed by atoms with Gasteiger partial charge in [-0.2, -0.15) is 0 Å². The smallest absolute Gasteiger partial charge is 0.336 e. The van der Waals surface area contributed by atoms with E-state index in [2.05, 4.69) is 9.88 Å². The van der Waals surface area contributed by atoms with E-state index in [0.29, 0.717) is 17.9 Å². The fourth-order valence-electron chi connectivity index (χ4n) is 4.15. The average Bonchev–Trinajstić information content (AvgIpc) is 3.19. The molecule has 0 atom stereocenters. The normalized spacial score (nSPS) is 15.1. The number of benzene rings is 3. The molecule has 168 valence electrons. The Morgan fingerprint density at radius 1 is 0.882 bits per heavy atom. The van der Waals surface area contributed by atoms with Crippen LogP contribution in [-0.4, -0.2) is 29.5 Å². The van der Waals surface area contributed by atoms with Crippen molar-refractivity contribution in [3.63, 3.8) is 0 Å². The number of rotatable bonds is 5. The number of urea groups is 1. The van der Waals surface area contributed by atoms with Gasteiger partial charge in [0.05, 0.1) is 12.8 Å². The molecule has 0 saturated carbocycles. The SMILES string of the molecule is COc1ccccc1N1C(=O)NC(=O)/C(=C/c2cn(Cc3ccccc3)c3ccccc23)C1=O. The number of anilines is 1. The van der Waals surface area contributed by atoms with Gasteiger partial charge in [-0.3, -0.25) is 14.9 Å². The van der Waals surface area contributed by atoms with Crippen molar-refractivity contribution in [2.75, 3.05) is 12.0 Å². The molecule has 2 heterocycles. The van der Waals surface area contributed by atoms with Crippen LogP contribution in [0.5, 0.6) is 5.75 Å². The molecule has 1 aliphatic heterocycles. The quantitative estimate of drug-likeness (QED) is 0.361. The van der Waals surface area contributed by atoms with E-state index in [4.69, 9.17) is 4.74 Å². The van der Waals surface area contributed by atoms with Crippen LogP contribution in [0.15, 0.2) is 90.6 Å². The van der Waals surface area contributed by atoms with E-state index >= 15 is 0 Å². The molecule has 0 spiro atoms. The van der Waals surface area contributed by atoms with Crippen LogP contribution < -0.4 is 15.0 Å². The minimum Gasteiger partial charge on any atom is -0.495 e. The number of fused-ring (bicyclic) bond motifs is 1. The van der Waals surface area contributed by atoms with Gasteiger partial charge in [-0.1, -0.05) is 60.7 Å². The van der Waals surface area contributed by atoms with Crippen LogP contribution in [0.4, 0.5) is 10.5 Å². The Labute approximate surface area is 195 Å². The van der Waals surface area contributed by atoms with E-state index < -0.39 is 17.8 Å². The highest BCUT2D eigenvalue weighted by atomic mass is 16.5. The van der Waals surface area contributed by atoms with Crippen molar-refractivity contribution in [2.24, 2.45) is 0 Å². The summed E-state index contributed by atoms with van der Waals surface area (Å²) in [5.74, 6) is -1.10. The molecule has 0 radical (unpaired) electrons. The van der Waals surface area contributed by atoms with E-state index in [-0.39, 0.29) is 11.3 Å². The second-order valence-electron chi connectivity index (χ2n) is 7.84. The van der Waals surface area contributed by atoms with Gasteiger partial charge in [0.1, 0.15) is 11.3 Å². The van der Waals surface area contributed by atoms with Gasteiger partial charge in [-0.05, 0) is 29.8 Å². The predicted molar refractivity (Wildman–Crippen MR) is 129 cm³/mol. The number of carbonyl (C=O) groups excluding carboxylic acids is 3. The highest BCUT2D eigenvalue weighted by Gasteiger charge is 2.38. The standard InChI is InChI=1S/C27H21N3O4/c1-34-24-14-8-7-13-23(24)30-26(32)21(25(31)28-27(30)33)15-19-17-29(16-18-9-3-2-4-10-18)22-12-6-5-11-20(19)22/h2-15,17H,16H2,1H3,(H,28,31,33)/b21-15-. The number of nitrogens with zero attached hydrogens (tertiary/aromatic N) is 2. The zero-order chi connectivity index (χ0) is 23.7.